The highest BCUT2D eigenvalue weighted by molar-refractivity contribution is 9.09. The summed E-state index contributed by atoms with van der Waals surface area (Å²) in [5, 5.41) is 0. The molecule has 0 aliphatic rings. The van der Waals surface area contributed by atoms with E-state index in [1.807, 2.05) is 0 Å². The van der Waals surface area contributed by atoms with Crippen molar-refractivity contribution in [1.82, 2.24) is 0 Å². The second-order valence-electron chi connectivity index (χ2n) is 5.00. The smallest absolute Gasteiger partial charge is 0.0145 e. The molecule has 0 N–H and O–H groups in total. The molecule has 0 radical (unpaired) electrons. The molecule has 0 aliphatic carbocycles. The predicted octanol–water partition coefficient (Wildman–Crippen LogP) is 6.47. The van der Waals surface area contributed by atoms with Crippen molar-refractivity contribution in [3.8, 4) is 0 Å². The minimum absolute atomic E-state index is 0.787. The van der Waals surface area contributed by atoms with Gasteiger partial charge in [-0.2, -0.15) is 0 Å². The first-order valence-corrected chi connectivity index (χ1v) is 8.36. The van der Waals surface area contributed by atoms with Gasteiger partial charge in [0.15, 0.2) is 0 Å². The lowest BCUT2D eigenvalue weighted by Crippen LogP contribution is -1.97. The van der Waals surface area contributed by atoms with Gasteiger partial charge in [-0.25, -0.2) is 0 Å². The fourth-order valence-corrected chi connectivity index (χ4v) is 2.73. The lowest BCUT2D eigenvalue weighted by atomic mass is 10.0. The third-order valence-electron chi connectivity index (χ3n) is 3.24. The Morgan fingerprint density at radius 2 is 1.00 bits per heavy atom. The van der Waals surface area contributed by atoms with Crippen molar-refractivity contribution in [2.75, 3.05) is 0 Å². The number of hydrogen-bond acceptors (Lipinski definition) is 0. The summed E-state index contributed by atoms with van der Waals surface area (Å²) in [6.07, 6.45) is 16.9. The highest BCUT2D eigenvalue weighted by atomic mass is 79.9. The minimum atomic E-state index is 0.787. The Labute approximate surface area is 112 Å². The van der Waals surface area contributed by atoms with Crippen molar-refractivity contribution in [2.45, 2.75) is 95.7 Å². The Morgan fingerprint density at radius 1 is 0.625 bits per heavy atom. The van der Waals surface area contributed by atoms with Gasteiger partial charge in [0.1, 0.15) is 0 Å². The number of unbranched alkanes of at least 4 members (excludes halogenated alkanes) is 8. The van der Waals surface area contributed by atoms with Crippen LogP contribution in [0.3, 0.4) is 0 Å². The molecule has 98 valence electrons. The molecule has 0 saturated heterocycles. The third kappa shape index (κ3) is 12.5. The van der Waals surface area contributed by atoms with Crippen LogP contribution in [0.5, 0.6) is 0 Å². The van der Waals surface area contributed by atoms with E-state index < -0.39 is 0 Å². The third-order valence-corrected chi connectivity index (χ3v) is 4.16. The van der Waals surface area contributed by atoms with Crippen LogP contribution in [-0.2, 0) is 0 Å². The van der Waals surface area contributed by atoms with Crippen LogP contribution in [0.1, 0.15) is 90.9 Å². The maximum Gasteiger partial charge on any atom is 0.0145 e. The quantitative estimate of drug-likeness (QED) is 0.285. The maximum absolute atomic E-state index is 3.80. The average Bonchev–Trinajstić information content (AvgIpc) is 2.28. The standard InChI is InChI=1S/C15H31Br/c1-3-5-7-8-9-10-12-14-15(16)13-11-6-4-2/h15H,3-14H2,1-2H3. The maximum atomic E-state index is 3.80. The molecule has 0 amide bonds. The lowest BCUT2D eigenvalue weighted by molar-refractivity contribution is 0.553. The van der Waals surface area contributed by atoms with Gasteiger partial charge >= 0.3 is 0 Å². The van der Waals surface area contributed by atoms with Gasteiger partial charge in [-0.05, 0) is 12.8 Å². The molecule has 0 spiro atoms. The van der Waals surface area contributed by atoms with Crippen LogP contribution in [0, 0.1) is 0 Å². The minimum Gasteiger partial charge on any atom is -0.0891 e. The van der Waals surface area contributed by atoms with Crippen molar-refractivity contribution >= 4 is 15.9 Å². The van der Waals surface area contributed by atoms with Gasteiger partial charge in [-0.3, -0.25) is 0 Å². The lowest BCUT2D eigenvalue weighted by Gasteiger charge is -2.08. The van der Waals surface area contributed by atoms with Gasteiger partial charge in [0, 0.05) is 4.83 Å². The van der Waals surface area contributed by atoms with E-state index in [1.54, 1.807) is 0 Å². The first kappa shape index (κ1) is 16.5. The van der Waals surface area contributed by atoms with Crippen LogP contribution in [0.15, 0.2) is 0 Å². The van der Waals surface area contributed by atoms with E-state index >= 15 is 0 Å². The Hall–Kier alpha value is 0.480. The first-order valence-electron chi connectivity index (χ1n) is 7.45. The Kier molecular flexibility index (Phi) is 14.0. The summed E-state index contributed by atoms with van der Waals surface area (Å²) in [6, 6.07) is 0. The van der Waals surface area contributed by atoms with E-state index in [-0.39, 0.29) is 0 Å². The van der Waals surface area contributed by atoms with Gasteiger partial charge in [0.2, 0.25) is 0 Å². The highest BCUT2D eigenvalue weighted by Gasteiger charge is 2.02. The van der Waals surface area contributed by atoms with Gasteiger partial charge in [-0.15, -0.1) is 0 Å². The molecule has 0 rings (SSSR count). The summed E-state index contributed by atoms with van der Waals surface area (Å²) in [5.74, 6) is 0. The molecule has 0 aromatic rings. The normalized spacial score (nSPS) is 12.9. The number of hydrogen-bond donors (Lipinski definition) is 0. The number of halogens is 1. The fourth-order valence-electron chi connectivity index (χ4n) is 2.08. The molecule has 0 nitrogen and oxygen atoms in total. The largest absolute Gasteiger partial charge is 0.0891 e. The zero-order valence-electron chi connectivity index (χ0n) is 11.4. The van der Waals surface area contributed by atoms with Crippen molar-refractivity contribution in [1.29, 1.82) is 0 Å². The molecule has 0 aromatic heterocycles. The molecule has 0 aromatic carbocycles. The zero-order chi connectivity index (χ0) is 12.1. The van der Waals surface area contributed by atoms with Gasteiger partial charge in [0.05, 0.1) is 0 Å². The molecule has 0 saturated carbocycles. The summed E-state index contributed by atoms with van der Waals surface area (Å²) < 4.78 is 0. The Balaban J connectivity index is 3.06. The van der Waals surface area contributed by atoms with Crippen LogP contribution in [0.4, 0.5) is 0 Å². The van der Waals surface area contributed by atoms with Crippen LogP contribution in [0.2, 0.25) is 0 Å². The molecule has 0 fully saturated rings. The molecular weight excluding hydrogens is 260 g/mol. The van der Waals surface area contributed by atoms with Gasteiger partial charge in [0.25, 0.3) is 0 Å². The van der Waals surface area contributed by atoms with E-state index in [0.717, 1.165) is 4.83 Å². The SMILES string of the molecule is CCCCCCCCCC(Br)CCCCC. The second kappa shape index (κ2) is 13.5. The summed E-state index contributed by atoms with van der Waals surface area (Å²) in [6.45, 7) is 4.56. The molecule has 16 heavy (non-hydrogen) atoms. The fraction of sp³-hybridized carbons (Fsp3) is 1.00. The predicted molar refractivity (Wildman–Crippen MR) is 79.5 cm³/mol. The van der Waals surface area contributed by atoms with Crippen molar-refractivity contribution < 1.29 is 0 Å². The van der Waals surface area contributed by atoms with Crippen molar-refractivity contribution in [3.63, 3.8) is 0 Å². The summed E-state index contributed by atoms with van der Waals surface area (Å²) in [4.78, 5) is 0.787. The molecule has 0 aliphatic heterocycles. The topological polar surface area (TPSA) is 0 Å². The van der Waals surface area contributed by atoms with Crippen LogP contribution in [0.25, 0.3) is 0 Å². The van der Waals surface area contributed by atoms with Crippen LogP contribution < -0.4 is 0 Å². The summed E-state index contributed by atoms with van der Waals surface area (Å²) in [7, 11) is 0. The zero-order valence-corrected chi connectivity index (χ0v) is 13.0. The number of rotatable bonds is 12. The van der Waals surface area contributed by atoms with Crippen LogP contribution in [-0.4, -0.2) is 4.83 Å². The number of alkyl halides is 1. The van der Waals surface area contributed by atoms with E-state index in [4.69, 9.17) is 0 Å². The molecule has 0 bridgehead atoms. The Bertz CT molecular complexity index is 123. The average molecular weight is 291 g/mol. The monoisotopic (exact) mass is 290 g/mol. The summed E-state index contributed by atoms with van der Waals surface area (Å²) >= 11 is 3.80. The highest BCUT2D eigenvalue weighted by Crippen LogP contribution is 2.18. The van der Waals surface area contributed by atoms with Gasteiger partial charge in [-0.1, -0.05) is 94.0 Å². The molecule has 1 atom stereocenters. The second-order valence-corrected chi connectivity index (χ2v) is 6.30. The molecule has 1 heteroatoms. The van der Waals surface area contributed by atoms with Gasteiger partial charge < -0.3 is 0 Å². The first-order chi connectivity index (χ1) is 7.81. The molecular formula is C15H31Br. The van der Waals surface area contributed by atoms with E-state index in [0.29, 0.717) is 0 Å². The van der Waals surface area contributed by atoms with Crippen LogP contribution >= 0.6 is 15.9 Å². The van der Waals surface area contributed by atoms with E-state index in [9.17, 15) is 0 Å². The van der Waals surface area contributed by atoms with Crippen molar-refractivity contribution in [3.05, 3.63) is 0 Å². The van der Waals surface area contributed by atoms with E-state index in [2.05, 4.69) is 29.8 Å². The van der Waals surface area contributed by atoms with E-state index in [1.165, 1.54) is 77.0 Å². The molecule has 0 heterocycles. The summed E-state index contributed by atoms with van der Waals surface area (Å²) in [5.41, 5.74) is 0. The van der Waals surface area contributed by atoms with Crippen molar-refractivity contribution in [2.24, 2.45) is 0 Å². The Morgan fingerprint density at radius 3 is 1.56 bits per heavy atom. The molecule has 1 unspecified atom stereocenters.